The first-order valence-electron chi connectivity index (χ1n) is 9.49. The molecule has 0 bridgehead atoms. The number of carboxylic acids is 1. The standard InChI is InChI=1S/C23H18N2O4/c26-23(27)18-10-4-9-17-20-16-8-2-1-5-13(16)12-19(20)21(24-22(17)18)14-6-3-7-15(11-14)25(28)29/h1-11,19-21,24H,12H2,(H,26,27)/t19-,20+,21+/m0/s1. The van der Waals surface area contributed by atoms with Gasteiger partial charge in [-0.05, 0) is 40.7 Å². The molecule has 1 aliphatic carbocycles. The smallest absolute Gasteiger partial charge is 0.337 e. The van der Waals surface area contributed by atoms with Crippen molar-refractivity contribution in [2.24, 2.45) is 5.92 Å². The second-order valence-electron chi connectivity index (χ2n) is 7.59. The van der Waals surface area contributed by atoms with Gasteiger partial charge in [0.1, 0.15) is 0 Å². The first kappa shape index (κ1) is 17.4. The van der Waals surface area contributed by atoms with Crippen molar-refractivity contribution in [2.45, 2.75) is 18.4 Å². The zero-order valence-electron chi connectivity index (χ0n) is 15.4. The summed E-state index contributed by atoms with van der Waals surface area (Å²) in [5.74, 6) is -0.797. The minimum Gasteiger partial charge on any atom is -0.478 e. The second kappa shape index (κ2) is 6.44. The van der Waals surface area contributed by atoms with E-state index in [-0.39, 0.29) is 29.1 Å². The Bertz CT molecular complexity index is 1160. The number of hydrogen-bond acceptors (Lipinski definition) is 4. The summed E-state index contributed by atoms with van der Waals surface area (Å²) in [6.45, 7) is 0. The Morgan fingerprint density at radius 1 is 1.03 bits per heavy atom. The van der Waals surface area contributed by atoms with E-state index in [4.69, 9.17) is 0 Å². The highest BCUT2D eigenvalue weighted by Crippen LogP contribution is 2.54. The Balaban J connectivity index is 1.71. The summed E-state index contributed by atoms with van der Waals surface area (Å²) >= 11 is 0. The Morgan fingerprint density at radius 2 is 1.79 bits per heavy atom. The number of nitro groups is 1. The Morgan fingerprint density at radius 3 is 2.59 bits per heavy atom. The lowest BCUT2D eigenvalue weighted by atomic mass is 9.75. The van der Waals surface area contributed by atoms with E-state index in [9.17, 15) is 20.0 Å². The second-order valence-corrected chi connectivity index (χ2v) is 7.59. The van der Waals surface area contributed by atoms with E-state index in [1.54, 1.807) is 24.3 Å². The van der Waals surface area contributed by atoms with Crippen LogP contribution in [0, 0.1) is 16.0 Å². The van der Waals surface area contributed by atoms with Crippen molar-refractivity contribution in [1.29, 1.82) is 0 Å². The van der Waals surface area contributed by atoms with Crippen LogP contribution in [0.3, 0.4) is 0 Å². The zero-order valence-corrected chi connectivity index (χ0v) is 15.4. The number of fused-ring (bicyclic) bond motifs is 5. The number of hydrogen-bond donors (Lipinski definition) is 2. The number of para-hydroxylation sites is 1. The molecule has 29 heavy (non-hydrogen) atoms. The van der Waals surface area contributed by atoms with Gasteiger partial charge >= 0.3 is 5.97 Å². The molecule has 6 heteroatoms. The molecule has 144 valence electrons. The van der Waals surface area contributed by atoms with Crippen LogP contribution in [0.2, 0.25) is 0 Å². The number of nitrogens with zero attached hydrogens (tertiary/aromatic N) is 1. The third kappa shape index (κ3) is 2.68. The number of nitro benzene ring substituents is 1. The van der Waals surface area contributed by atoms with E-state index >= 15 is 0 Å². The molecule has 6 nitrogen and oxygen atoms in total. The average molecular weight is 386 g/mol. The maximum absolute atomic E-state index is 11.9. The summed E-state index contributed by atoms with van der Waals surface area (Å²) in [5.41, 5.74) is 5.09. The summed E-state index contributed by atoms with van der Waals surface area (Å²) in [7, 11) is 0. The number of non-ortho nitro benzene ring substituents is 1. The van der Waals surface area contributed by atoms with Crippen LogP contribution in [0.1, 0.15) is 44.6 Å². The van der Waals surface area contributed by atoms with Gasteiger partial charge in [-0.25, -0.2) is 4.79 Å². The highest BCUT2D eigenvalue weighted by molar-refractivity contribution is 5.96. The molecule has 0 aromatic heterocycles. The minimum atomic E-state index is -0.989. The largest absolute Gasteiger partial charge is 0.478 e. The van der Waals surface area contributed by atoms with Crippen LogP contribution in [-0.2, 0) is 6.42 Å². The molecule has 0 spiro atoms. The van der Waals surface area contributed by atoms with Gasteiger partial charge in [0.05, 0.1) is 22.2 Å². The molecule has 1 aliphatic heterocycles. The summed E-state index contributed by atoms with van der Waals surface area (Å²) < 4.78 is 0. The Kier molecular flexibility index (Phi) is 3.87. The predicted molar refractivity (Wildman–Crippen MR) is 108 cm³/mol. The number of aromatic carboxylic acids is 1. The van der Waals surface area contributed by atoms with E-state index in [0.29, 0.717) is 5.69 Å². The van der Waals surface area contributed by atoms with Crippen LogP contribution in [-0.4, -0.2) is 16.0 Å². The van der Waals surface area contributed by atoms with Gasteiger partial charge in [-0.2, -0.15) is 0 Å². The molecule has 1 heterocycles. The van der Waals surface area contributed by atoms with Crippen molar-refractivity contribution in [3.63, 3.8) is 0 Å². The topological polar surface area (TPSA) is 92.5 Å². The highest BCUT2D eigenvalue weighted by Gasteiger charge is 2.44. The van der Waals surface area contributed by atoms with Crippen molar-refractivity contribution in [3.05, 3.63) is 105 Å². The molecule has 2 N–H and O–H groups in total. The molecule has 0 fully saturated rings. The van der Waals surface area contributed by atoms with Crippen molar-refractivity contribution >= 4 is 17.3 Å². The summed E-state index contributed by atoms with van der Waals surface area (Å²) in [4.78, 5) is 22.8. The van der Waals surface area contributed by atoms with Crippen molar-refractivity contribution < 1.29 is 14.8 Å². The summed E-state index contributed by atoms with van der Waals surface area (Å²) in [6.07, 6.45) is 0.831. The number of carbonyl (C=O) groups is 1. The third-order valence-corrected chi connectivity index (χ3v) is 6.10. The van der Waals surface area contributed by atoms with Gasteiger partial charge in [0.2, 0.25) is 0 Å². The van der Waals surface area contributed by atoms with Crippen LogP contribution >= 0.6 is 0 Å². The number of carboxylic acid groups (broad SMARTS) is 1. The van der Waals surface area contributed by atoms with Crippen molar-refractivity contribution in [2.75, 3.05) is 5.32 Å². The third-order valence-electron chi connectivity index (χ3n) is 6.10. The maximum atomic E-state index is 11.9. The van der Waals surface area contributed by atoms with E-state index < -0.39 is 10.9 Å². The maximum Gasteiger partial charge on any atom is 0.337 e. The van der Waals surface area contributed by atoms with Crippen molar-refractivity contribution in [1.82, 2.24) is 0 Å². The Labute approximate surface area is 167 Å². The molecule has 0 saturated carbocycles. The molecule has 0 amide bonds. The summed E-state index contributed by atoms with van der Waals surface area (Å²) in [6, 6.07) is 20.0. The molecule has 0 unspecified atom stereocenters. The van der Waals surface area contributed by atoms with Crippen molar-refractivity contribution in [3.8, 4) is 0 Å². The summed E-state index contributed by atoms with van der Waals surface area (Å²) in [5, 5.41) is 24.4. The van der Waals surface area contributed by atoms with E-state index in [2.05, 4.69) is 17.4 Å². The molecule has 0 radical (unpaired) electrons. The zero-order chi connectivity index (χ0) is 20.1. The molecule has 5 rings (SSSR count). The average Bonchev–Trinajstić information content (AvgIpc) is 3.12. The predicted octanol–water partition coefficient (Wildman–Crippen LogP) is 4.76. The SMILES string of the molecule is O=C(O)c1cccc2c1N[C@H](c1cccc([N+](=O)[O-])c1)[C@H]1Cc3ccccc3[C@H]21. The Hall–Kier alpha value is -3.67. The van der Waals surface area contributed by atoms with Gasteiger partial charge in [-0.3, -0.25) is 10.1 Å². The number of rotatable bonds is 3. The van der Waals surface area contributed by atoms with Gasteiger partial charge in [0.25, 0.3) is 5.69 Å². The first-order valence-corrected chi connectivity index (χ1v) is 9.49. The van der Waals surface area contributed by atoms with E-state index in [1.165, 1.54) is 17.2 Å². The molecule has 3 aromatic rings. The van der Waals surface area contributed by atoms with Gasteiger partial charge in [0, 0.05) is 18.1 Å². The number of benzene rings is 3. The normalized spacial score (nSPS) is 21.4. The fourth-order valence-electron chi connectivity index (χ4n) is 4.93. The quantitative estimate of drug-likeness (QED) is 0.500. The van der Waals surface area contributed by atoms with Gasteiger partial charge in [-0.15, -0.1) is 0 Å². The van der Waals surface area contributed by atoms with Crippen LogP contribution < -0.4 is 5.32 Å². The van der Waals surface area contributed by atoms with Crippen LogP contribution in [0.4, 0.5) is 11.4 Å². The fraction of sp³-hybridized carbons (Fsp3) is 0.174. The molecule has 3 atom stereocenters. The lowest BCUT2D eigenvalue weighted by Crippen LogP contribution is -2.31. The van der Waals surface area contributed by atoms with Gasteiger partial charge in [0.15, 0.2) is 0 Å². The fourth-order valence-corrected chi connectivity index (χ4v) is 4.93. The lowest BCUT2D eigenvalue weighted by Gasteiger charge is -2.38. The first-order chi connectivity index (χ1) is 14.0. The molecular formula is C23H18N2O4. The van der Waals surface area contributed by atoms with Crippen LogP contribution in [0.25, 0.3) is 0 Å². The minimum absolute atomic E-state index is 0.0358. The molecular weight excluding hydrogens is 368 g/mol. The van der Waals surface area contributed by atoms with E-state index in [1.807, 2.05) is 24.3 Å². The molecule has 2 aliphatic rings. The molecule has 3 aromatic carbocycles. The number of nitrogens with one attached hydrogen (secondary N) is 1. The van der Waals surface area contributed by atoms with Gasteiger partial charge in [-0.1, -0.05) is 48.5 Å². The van der Waals surface area contributed by atoms with Crippen LogP contribution in [0.5, 0.6) is 0 Å². The monoisotopic (exact) mass is 386 g/mol. The van der Waals surface area contributed by atoms with E-state index in [0.717, 1.165) is 17.5 Å². The number of anilines is 1. The lowest BCUT2D eigenvalue weighted by molar-refractivity contribution is -0.384. The highest BCUT2D eigenvalue weighted by atomic mass is 16.6. The van der Waals surface area contributed by atoms with Gasteiger partial charge < -0.3 is 10.4 Å². The molecule has 0 saturated heterocycles. The van der Waals surface area contributed by atoms with Crippen LogP contribution in [0.15, 0.2) is 66.7 Å².